The van der Waals surface area contributed by atoms with Crippen LogP contribution in [0.4, 0.5) is 17.6 Å². The fraction of sp³-hybridized carbons (Fsp3) is 0.500. The van der Waals surface area contributed by atoms with Gasteiger partial charge < -0.3 is 4.74 Å². The molecule has 0 amide bonds. The van der Waals surface area contributed by atoms with Crippen LogP contribution in [0.15, 0.2) is 24.3 Å². The Bertz CT molecular complexity index is 199. The van der Waals surface area contributed by atoms with Gasteiger partial charge in [0.05, 0.1) is 0 Å². The molecule has 0 bridgehead atoms. The van der Waals surface area contributed by atoms with Gasteiger partial charge in [0.2, 0.25) is 0 Å². The number of rotatable bonds is 6. The monoisotopic (exact) mass is 354 g/mol. The molecule has 7 heteroatoms. The zero-order valence-corrected chi connectivity index (χ0v) is 10.5. The maximum absolute atomic E-state index is 11.7. The highest BCUT2D eigenvalue weighted by Gasteiger charge is 2.07. The first-order valence-corrected chi connectivity index (χ1v) is 5.61. The first kappa shape index (κ1) is 15.1. The summed E-state index contributed by atoms with van der Waals surface area (Å²) in [4.78, 5) is 0. The minimum atomic E-state index is -2.57. The van der Waals surface area contributed by atoms with Gasteiger partial charge in [-0.05, 0) is 24.3 Å². The highest BCUT2D eigenvalue weighted by atomic mass is 79.9. The topological polar surface area (TPSA) is 9.23 Å². The second kappa shape index (κ2) is 8.29. The molecule has 1 nitrogen and oxygen atoms in total. The van der Waals surface area contributed by atoms with E-state index in [0.29, 0.717) is 12.2 Å². The molecule has 0 radical (unpaired) electrons. The number of hydrogen-bond donors (Lipinski definition) is 0. The van der Waals surface area contributed by atoms with E-state index >= 15 is 0 Å². The third-order valence-electron chi connectivity index (χ3n) is 1.08. The van der Waals surface area contributed by atoms with E-state index in [1.54, 1.807) is 0 Å². The predicted octanol–water partition coefficient (Wildman–Crippen LogP) is 4.09. The Labute approximate surface area is 101 Å². The first-order chi connectivity index (χ1) is 6.91. The molecule has 15 heavy (non-hydrogen) atoms. The van der Waals surface area contributed by atoms with Crippen LogP contribution in [0.5, 0.6) is 0 Å². The number of allylic oxidation sites excluding steroid dienone is 2. The fourth-order valence-corrected chi connectivity index (χ4v) is 1.66. The Morgan fingerprint density at radius 2 is 1.07 bits per heavy atom. The average Bonchev–Trinajstić information content (AvgIpc) is 2.11. The van der Waals surface area contributed by atoms with Crippen LogP contribution in [0.1, 0.15) is 0 Å². The molecule has 0 saturated carbocycles. The van der Waals surface area contributed by atoms with Crippen LogP contribution >= 0.6 is 31.9 Å². The summed E-state index contributed by atoms with van der Waals surface area (Å²) in [5.74, 6) is 0. The SMILES string of the molecule is FC(F)C=CC(Br)OC(Br)C=CC(F)F. The van der Waals surface area contributed by atoms with Crippen LogP contribution < -0.4 is 0 Å². The van der Waals surface area contributed by atoms with Crippen molar-refractivity contribution in [3.63, 3.8) is 0 Å². The van der Waals surface area contributed by atoms with E-state index in [0.717, 1.165) is 12.2 Å². The molecule has 0 rings (SSSR count). The Hall–Kier alpha value is 0.120. The van der Waals surface area contributed by atoms with Crippen molar-refractivity contribution >= 4 is 31.9 Å². The van der Waals surface area contributed by atoms with Gasteiger partial charge in [-0.2, -0.15) is 0 Å². The molecule has 88 valence electrons. The Morgan fingerprint density at radius 1 is 0.733 bits per heavy atom. The highest BCUT2D eigenvalue weighted by Crippen LogP contribution is 2.14. The maximum atomic E-state index is 11.7. The van der Waals surface area contributed by atoms with Crippen molar-refractivity contribution < 1.29 is 22.3 Å². The standard InChI is InChI=1S/C8H8Br2F4O/c9-5(1-3-7(11)12)15-6(10)2-4-8(13)14/h1-8H. The average molecular weight is 356 g/mol. The van der Waals surface area contributed by atoms with E-state index in [-0.39, 0.29) is 0 Å². The van der Waals surface area contributed by atoms with Crippen molar-refractivity contribution in [1.29, 1.82) is 0 Å². The molecular weight excluding hydrogens is 348 g/mol. The van der Waals surface area contributed by atoms with Gasteiger partial charge in [0.1, 0.15) is 10.0 Å². The lowest BCUT2D eigenvalue weighted by Crippen LogP contribution is -2.08. The first-order valence-electron chi connectivity index (χ1n) is 3.78. The van der Waals surface area contributed by atoms with E-state index in [9.17, 15) is 17.6 Å². The number of hydrogen-bond acceptors (Lipinski definition) is 1. The molecule has 0 spiro atoms. The third kappa shape index (κ3) is 10.4. The van der Waals surface area contributed by atoms with Crippen LogP contribution in [0.2, 0.25) is 0 Å². The van der Waals surface area contributed by atoms with Gasteiger partial charge in [-0.3, -0.25) is 0 Å². The number of halogens is 6. The van der Waals surface area contributed by atoms with Crippen molar-refractivity contribution in [2.24, 2.45) is 0 Å². The van der Waals surface area contributed by atoms with Gasteiger partial charge in [0.25, 0.3) is 12.9 Å². The second-order valence-electron chi connectivity index (χ2n) is 2.28. The summed E-state index contributed by atoms with van der Waals surface area (Å²) in [6.07, 6.45) is -1.71. The van der Waals surface area contributed by atoms with Gasteiger partial charge in [-0.15, -0.1) is 0 Å². The predicted molar refractivity (Wildman–Crippen MR) is 56.8 cm³/mol. The Morgan fingerprint density at radius 3 is 1.33 bits per heavy atom. The largest absolute Gasteiger partial charge is 0.344 e. The van der Waals surface area contributed by atoms with Gasteiger partial charge >= 0.3 is 0 Å². The Balaban J connectivity index is 3.90. The van der Waals surface area contributed by atoms with Gasteiger partial charge in [-0.25, -0.2) is 17.6 Å². The summed E-state index contributed by atoms with van der Waals surface area (Å²) in [6.45, 7) is 0. The molecule has 0 aliphatic rings. The normalized spacial score (nSPS) is 17.1. The van der Waals surface area contributed by atoms with Crippen LogP contribution in [0.25, 0.3) is 0 Å². The van der Waals surface area contributed by atoms with Gasteiger partial charge in [0, 0.05) is 0 Å². The number of alkyl halides is 6. The third-order valence-corrected chi connectivity index (χ3v) is 2.12. The minimum Gasteiger partial charge on any atom is -0.344 e. The maximum Gasteiger partial charge on any atom is 0.257 e. The Kier molecular flexibility index (Phi) is 8.36. The molecule has 2 atom stereocenters. The smallest absolute Gasteiger partial charge is 0.257 e. The van der Waals surface area contributed by atoms with Crippen LogP contribution in [-0.4, -0.2) is 22.9 Å². The zero-order valence-electron chi connectivity index (χ0n) is 7.29. The van der Waals surface area contributed by atoms with Crippen molar-refractivity contribution in [2.45, 2.75) is 22.9 Å². The van der Waals surface area contributed by atoms with Crippen molar-refractivity contribution in [3.8, 4) is 0 Å². The van der Waals surface area contributed by atoms with E-state index in [1.165, 1.54) is 0 Å². The van der Waals surface area contributed by atoms with Gasteiger partial charge in [-0.1, -0.05) is 31.9 Å². The molecular formula is C8H8Br2F4O. The molecule has 0 fully saturated rings. The van der Waals surface area contributed by atoms with Crippen LogP contribution in [0.3, 0.4) is 0 Å². The highest BCUT2D eigenvalue weighted by molar-refractivity contribution is 9.10. The molecule has 0 aromatic rings. The lowest BCUT2D eigenvalue weighted by Gasteiger charge is -2.10. The van der Waals surface area contributed by atoms with E-state index in [2.05, 4.69) is 31.9 Å². The molecule has 0 aromatic heterocycles. The summed E-state index contributed by atoms with van der Waals surface area (Å²) >= 11 is 5.84. The summed E-state index contributed by atoms with van der Waals surface area (Å²) in [5.41, 5.74) is 0. The molecule has 2 unspecified atom stereocenters. The lowest BCUT2D eigenvalue weighted by atomic mass is 10.5. The summed E-state index contributed by atoms with van der Waals surface area (Å²) in [7, 11) is 0. The molecule has 0 saturated heterocycles. The fourth-order valence-electron chi connectivity index (χ4n) is 0.558. The molecule has 0 aromatic carbocycles. The second-order valence-corrected chi connectivity index (χ2v) is 4.08. The van der Waals surface area contributed by atoms with Crippen molar-refractivity contribution in [1.82, 2.24) is 0 Å². The lowest BCUT2D eigenvalue weighted by molar-refractivity contribution is 0.149. The quantitative estimate of drug-likeness (QED) is 0.396. The van der Waals surface area contributed by atoms with Gasteiger partial charge in [0.15, 0.2) is 0 Å². The molecule has 0 heterocycles. The van der Waals surface area contributed by atoms with E-state index in [1.807, 2.05) is 0 Å². The summed E-state index contributed by atoms with van der Waals surface area (Å²) in [5, 5.41) is -1.53. The minimum absolute atomic E-state index is 0.635. The van der Waals surface area contributed by atoms with Crippen molar-refractivity contribution in [3.05, 3.63) is 24.3 Å². The zero-order chi connectivity index (χ0) is 11.8. The van der Waals surface area contributed by atoms with Crippen LogP contribution in [-0.2, 0) is 4.74 Å². The number of ether oxygens (including phenoxy) is 1. The summed E-state index contributed by atoms with van der Waals surface area (Å²) < 4.78 is 51.7. The molecule has 0 aliphatic heterocycles. The molecule has 0 aliphatic carbocycles. The van der Waals surface area contributed by atoms with Crippen molar-refractivity contribution in [2.75, 3.05) is 0 Å². The molecule has 0 N–H and O–H groups in total. The van der Waals surface area contributed by atoms with E-state index in [4.69, 9.17) is 4.74 Å². The summed E-state index contributed by atoms with van der Waals surface area (Å²) in [6, 6.07) is 0. The van der Waals surface area contributed by atoms with E-state index < -0.39 is 22.9 Å². The van der Waals surface area contributed by atoms with Crippen LogP contribution in [0, 0.1) is 0 Å².